The van der Waals surface area contributed by atoms with Crippen molar-refractivity contribution in [2.75, 3.05) is 12.3 Å². The summed E-state index contributed by atoms with van der Waals surface area (Å²) >= 11 is 3.26. The maximum Gasteiger partial charge on any atom is 0.240 e. The van der Waals surface area contributed by atoms with E-state index in [1.54, 1.807) is 12.1 Å². The largest absolute Gasteiger partial charge is 0.398 e. The van der Waals surface area contributed by atoms with Crippen molar-refractivity contribution in [2.24, 2.45) is 11.8 Å². The molecule has 0 spiro atoms. The van der Waals surface area contributed by atoms with Crippen LogP contribution in [0.4, 0.5) is 5.69 Å². The first-order chi connectivity index (χ1) is 9.40. The lowest BCUT2D eigenvalue weighted by atomic mass is 9.81. The van der Waals surface area contributed by atoms with Gasteiger partial charge in [0.1, 0.15) is 0 Å². The number of sulfonamides is 1. The van der Waals surface area contributed by atoms with Crippen molar-refractivity contribution in [1.82, 2.24) is 4.72 Å². The van der Waals surface area contributed by atoms with Gasteiger partial charge in [-0.25, -0.2) is 13.1 Å². The van der Waals surface area contributed by atoms with Crippen LogP contribution in [0.5, 0.6) is 0 Å². The van der Waals surface area contributed by atoms with Gasteiger partial charge in [0.2, 0.25) is 10.0 Å². The Kier molecular flexibility index (Phi) is 5.09. The van der Waals surface area contributed by atoms with Gasteiger partial charge in [-0.15, -0.1) is 0 Å². The van der Waals surface area contributed by atoms with Crippen LogP contribution in [0.2, 0.25) is 0 Å². The SMILES string of the molecule is CC1CCCCC1CNS(=O)(=O)c1ccc(N)c(Br)c1. The van der Waals surface area contributed by atoms with Crippen LogP contribution in [0.25, 0.3) is 0 Å². The van der Waals surface area contributed by atoms with E-state index < -0.39 is 10.0 Å². The molecule has 2 rings (SSSR count). The molecule has 1 fully saturated rings. The van der Waals surface area contributed by atoms with E-state index in [9.17, 15) is 8.42 Å². The smallest absolute Gasteiger partial charge is 0.240 e. The van der Waals surface area contributed by atoms with Gasteiger partial charge in [0, 0.05) is 16.7 Å². The topological polar surface area (TPSA) is 72.2 Å². The second-order valence-corrected chi connectivity index (χ2v) is 8.18. The average Bonchev–Trinajstić information content (AvgIpc) is 2.41. The summed E-state index contributed by atoms with van der Waals surface area (Å²) in [7, 11) is -3.46. The van der Waals surface area contributed by atoms with Gasteiger partial charge in [-0.2, -0.15) is 0 Å². The molecule has 0 aliphatic heterocycles. The monoisotopic (exact) mass is 360 g/mol. The molecule has 1 aliphatic carbocycles. The Labute approximate surface area is 129 Å². The third-order valence-electron chi connectivity index (χ3n) is 4.11. The van der Waals surface area contributed by atoms with Crippen molar-refractivity contribution in [1.29, 1.82) is 0 Å². The summed E-state index contributed by atoms with van der Waals surface area (Å²) in [5.74, 6) is 1.03. The highest BCUT2D eigenvalue weighted by Crippen LogP contribution is 2.29. The number of hydrogen-bond donors (Lipinski definition) is 2. The first-order valence-electron chi connectivity index (χ1n) is 6.95. The number of hydrogen-bond acceptors (Lipinski definition) is 3. The van der Waals surface area contributed by atoms with E-state index in [1.807, 2.05) is 0 Å². The summed E-state index contributed by atoms with van der Waals surface area (Å²) in [5, 5.41) is 0. The minimum Gasteiger partial charge on any atom is -0.398 e. The van der Waals surface area contributed by atoms with Gasteiger partial charge in [0.15, 0.2) is 0 Å². The van der Waals surface area contributed by atoms with E-state index in [-0.39, 0.29) is 4.90 Å². The Balaban J connectivity index is 2.05. The van der Waals surface area contributed by atoms with Crippen LogP contribution in [0.15, 0.2) is 27.6 Å². The normalized spacial score (nSPS) is 23.7. The molecule has 6 heteroatoms. The lowest BCUT2D eigenvalue weighted by Crippen LogP contribution is -2.33. The van der Waals surface area contributed by atoms with Gasteiger partial charge in [0.05, 0.1) is 4.90 Å². The fourth-order valence-electron chi connectivity index (χ4n) is 2.67. The number of nitrogens with two attached hydrogens (primary N) is 1. The molecule has 2 unspecified atom stereocenters. The van der Waals surface area contributed by atoms with Crippen molar-refractivity contribution in [3.63, 3.8) is 0 Å². The molecule has 1 aliphatic rings. The molecule has 112 valence electrons. The van der Waals surface area contributed by atoms with Crippen LogP contribution in [0.1, 0.15) is 32.6 Å². The lowest BCUT2D eigenvalue weighted by Gasteiger charge is -2.28. The molecule has 1 saturated carbocycles. The third kappa shape index (κ3) is 3.74. The van der Waals surface area contributed by atoms with Crippen molar-refractivity contribution in [2.45, 2.75) is 37.5 Å². The molecule has 0 saturated heterocycles. The van der Waals surface area contributed by atoms with E-state index in [4.69, 9.17) is 5.73 Å². The fourth-order valence-corrected chi connectivity index (χ4v) is 4.32. The van der Waals surface area contributed by atoms with Gasteiger partial charge >= 0.3 is 0 Å². The molecular formula is C14H21BrN2O2S. The van der Waals surface area contributed by atoms with Gasteiger partial charge in [-0.3, -0.25) is 0 Å². The summed E-state index contributed by atoms with van der Waals surface area (Å²) in [6, 6.07) is 4.68. The van der Waals surface area contributed by atoms with Crippen LogP contribution in [0.3, 0.4) is 0 Å². The third-order valence-corrected chi connectivity index (χ3v) is 6.21. The minimum absolute atomic E-state index is 0.252. The fraction of sp³-hybridized carbons (Fsp3) is 0.571. The van der Waals surface area contributed by atoms with Crippen LogP contribution in [-0.2, 0) is 10.0 Å². The molecule has 1 aromatic rings. The molecule has 0 aromatic heterocycles. The molecular weight excluding hydrogens is 340 g/mol. The number of halogens is 1. The van der Waals surface area contributed by atoms with Gasteiger partial charge < -0.3 is 5.73 Å². The van der Waals surface area contributed by atoms with Gasteiger partial charge in [0.25, 0.3) is 0 Å². The highest BCUT2D eigenvalue weighted by molar-refractivity contribution is 9.10. The number of benzene rings is 1. The second kappa shape index (κ2) is 6.45. The summed E-state index contributed by atoms with van der Waals surface area (Å²) in [4.78, 5) is 0.252. The van der Waals surface area contributed by atoms with Crippen molar-refractivity contribution in [3.05, 3.63) is 22.7 Å². The molecule has 1 aromatic carbocycles. The van der Waals surface area contributed by atoms with Crippen molar-refractivity contribution in [3.8, 4) is 0 Å². The zero-order valence-corrected chi connectivity index (χ0v) is 14.0. The van der Waals surface area contributed by atoms with Crippen LogP contribution in [-0.4, -0.2) is 15.0 Å². The van der Waals surface area contributed by atoms with Crippen LogP contribution < -0.4 is 10.5 Å². The quantitative estimate of drug-likeness (QED) is 0.810. The average molecular weight is 361 g/mol. The zero-order chi connectivity index (χ0) is 14.8. The Morgan fingerprint density at radius 3 is 2.70 bits per heavy atom. The Hall–Kier alpha value is -0.590. The van der Waals surface area contributed by atoms with E-state index in [0.29, 0.717) is 28.5 Å². The lowest BCUT2D eigenvalue weighted by molar-refractivity contribution is 0.257. The standard InChI is InChI=1S/C14H21BrN2O2S/c1-10-4-2-3-5-11(10)9-17-20(18,19)12-6-7-14(16)13(15)8-12/h6-8,10-11,17H,2-5,9,16H2,1H3. The predicted molar refractivity (Wildman–Crippen MR) is 84.9 cm³/mol. The molecule has 20 heavy (non-hydrogen) atoms. The van der Waals surface area contributed by atoms with E-state index in [2.05, 4.69) is 27.6 Å². The summed E-state index contributed by atoms with van der Waals surface area (Å²) in [6.45, 7) is 2.73. The molecule has 4 nitrogen and oxygen atoms in total. The first-order valence-corrected chi connectivity index (χ1v) is 9.22. The summed E-state index contributed by atoms with van der Waals surface area (Å²) in [5.41, 5.74) is 6.21. The maximum absolute atomic E-state index is 12.3. The van der Waals surface area contributed by atoms with Crippen LogP contribution in [0, 0.1) is 11.8 Å². The molecule has 0 radical (unpaired) electrons. The summed E-state index contributed by atoms with van der Waals surface area (Å²) in [6.07, 6.45) is 4.76. The van der Waals surface area contributed by atoms with Gasteiger partial charge in [-0.1, -0.05) is 26.2 Å². The Morgan fingerprint density at radius 1 is 1.35 bits per heavy atom. The molecule has 0 bridgehead atoms. The maximum atomic E-state index is 12.3. The molecule has 3 N–H and O–H groups in total. The summed E-state index contributed by atoms with van der Waals surface area (Å²) < 4.78 is 27.9. The Bertz CT molecular complexity index is 575. The van der Waals surface area contributed by atoms with E-state index in [0.717, 1.165) is 6.42 Å². The molecule has 2 atom stereocenters. The minimum atomic E-state index is -3.46. The zero-order valence-electron chi connectivity index (χ0n) is 11.6. The highest BCUT2D eigenvalue weighted by Gasteiger charge is 2.23. The van der Waals surface area contributed by atoms with Crippen LogP contribution >= 0.6 is 15.9 Å². The van der Waals surface area contributed by atoms with Crippen molar-refractivity contribution < 1.29 is 8.42 Å². The highest BCUT2D eigenvalue weighted by atomic mass is 79.9. The predicted octanol–water partition coefficient (Wildman–Crippen LogP) is 3.14. The molecule has 0 amide bonds. The Morgan fingerprint density at radius 2 is 2.05 bits per heavy atom. The number of anilines is 1. The molecule has 0 heterocycles. The number of nitrogens with one attached hydrogen (secondary N) is 1. The van der Waals surface area contributed by atoms with Gasteiger partial charge in [-0.05, 0) is 52.4 Å². The first kappa shape index (κ1) is 15.8. The number of rotatable bonds is 4. The second-order valence-electron chi connectivity index (χ2n) is 5.56. The van der Waals surface area contributed by atoms with E-state index in [1.165, 1.54) is 25.3 Å². The number of nitrogen functional groups attached to an aromatic ring is 1. The van der Waals surface area contributed by atoms with Crippen molar-refractivity contribution >= 4 is 31.6 Å². The van der Waals surface area contributed by atoms with E-state index >= 15 is 0 Å².